The number of nitrogens with one attached hydrogen (secondary N) is 1. The van der Waals surface area contributed by atoms with Crippen molar-refractivity contribution in [3.05, 3.63) is 51.7 Å². The van der Waals surface area contributed by atoms with E-state index in [1.54, 1.807) is 0 Å². The maximum absolute atomic E-state index is 5.83. The molecule has 1 aliphatic heterocycles. The average molecular weight is 301 g/mol. The lowest BCUT2D eigenvalue weighted by atomic mass is 9.91. The van der Waals surface area contributed by atoms with Crippen LogP contribution in [0.25, 0.3) is 0 Å². The van der Waals surface area contributed by atoms with Crippen molar-refractivity contribution < 1.29 is 4.74 Å². The number of hydrogen-bond donors (Lipinski definition) is 1. The minimum Gasteiger partial charge on any atom is -0.493 e. The van der Waals surface area contributed by atoms with E-state index >= 15 is 0 Å². The molecule has 0 saturated heterocycles. The van der Waals surface area contributed by atoms with Gasteiger partial charge in [-0.3, -0.25) is 0 Å². The summed E-state index contributed by atoms with van der Waals surface area (Å²) in [5.74, 6) is 1.53. The van der Waals surface area contributed by atoms with Crippen LogP contribution in [0.5, 0.6) is 5.75 Å². The Morgan fingerprint density at radius 1 is 1.29 bits per heavy atom. The van der Waals surface area contributed by atoms with Crippen LogP contribution in [0.2, 0.25) is 0 Å². The summed E-state index contributed by atoms with van der Waals surface area (Å²) in [7, 11) is 0. The van der Waals surface area contributed by atoms with Gasteiger partial charge in [-0.25, -0.2) is 0 Å². The van der Waals surface area contributed by atoms with Gasteiger partial charge in [0, 0.05) is 33.3 Å². The predicted octanol–water partition coefficient (Wildman–Crippen LogP) is 4.35. The second kappa shape index (κ2) is 6.20. The third-order valence-electron chi connectivity index (χ3n) is 4.09. The van der Waals surface area contributed by atoms with E-state index in [9.17, 15) is 0 Å². The van der Waals surface area contributed by atoms with Crippen LogP contribution in [0.15, 0.2) is 36.4 Å². The normalized spacial score (nSPS) is 22.4. The number of ether oxygens (including phenoxy) is 1. The molecule has 0 amide bonds. The minimum atomic E-state index is 0.381. The molecule has 3 heteroatoms. The van der Waals surface area contributed by atoms with E-state index in [0.29, 0.717) is 18.0 Å². The molecule has 1 aromatic carbocycles. The van der Waals surface area contributed by atoms with Crippen LogP contribution in [-0.4, -0.2) is 12.6 Å². The molecule has 0 bridgehead atoms. The summed E-state index contributed by atoms with van der Waals surface area (Å²) in [6.45, 7) is 7.50. The summed E-state index contributed by atoms with van der Waals surface area (Å²) in [5, 5.41) is 3.81. The first-order valence-corrected chi connectivity index (χ1v) is 8.48. The largest absolute Gasteiger partial charge is 0.493 e. The molecule has 3 unspecified atom stereocenters. The molecule has 3 atom stereocenters. The van der Waals surface area contributed by atoms with E-state index in [1.165, 1.54) is 15.3 Å². The molecule has 0 fully saturated rings. The highest BCUT2D eigenvalue weighted by Gasteiger charge is 2.28. The van der Waals surface area contributed by atoms with Crippen LogP contribution in [0.3, 0.4) is 0 Å². The van der Waals surface area contributed by atoms with Crippen LogP contribution < -0.4 is 10.1 Å². The fourth-order valence-electron chi connectivity index (χ4n) is 3.01. The smallest absolute Gasteiger partial charge is 0.124 e. The standard InChI is InChI=1S/C18H23NOS/c1-12-11-20-17-7-5-4-6-16(17)18(12)19-13(2)10-15-9-8-14(3)21-15/h4-9,12-13,18-19H,10-11H2,1-3H3. The zero-order valence-corrected chi connectivity index (χ0v) is 13.7. The SMILES string of the molecule is Cc1ccc(CC(C)NC2c3ccccc3OCC2C)s1. The van der Waals surface area contributed by atoms with Crippen molar-refractivity contribution in [2.24, 2.45) is 5.92 Å². The van der Waals surface area contributed by atoms with Crippen molar-refractivity contribution in [2.45, 2.75) is 39.3 Å². The molecule has 1 aromatic heterocycles. The van der Waals surface area contributed by atoms with Gasteiger partial charge in [0.25, 0.3) is 0 Å². The summed E-state index contributed by atoms with van der Waals surface area (Å²) >= 11 is 1.90. The molecule has 1 aliphatic rings. The highest BCUT2D eigenvalue weighted by atomic mass is 32.1. The van der Waals surface area contributed by atoms with E-state index in [1.807, 2.05) is 17.4 Å². The zero-order valence-electron chi connectivity index (χ0n) is 12.9. The summed E-state index contributed by atoms with van der Waals surface area (Å²) in [6, 6.07) is 13.7. The van der Waals surface area contributed by atoms with Crippen molar-refractivity contribution in [1.82, 2.24) is 5.32 Å². The Balaban J connectivity index is 1.71. The number of hydrogen-bond acceptors (Lipinski definition) is 3. The molecule has 3 rings (SSSR count). The van der Waals surface area contributed by atoms with Gasteiger partial charge in [0.15, 0.2) is 0 Å². The van der Waals surface area contributed by atoms with Crippen molar-refractivity contribution in [3.63, 3.8) is 0 Å². The molecule has 21 heavy (non-hydrogen) atoms. The van der Waals surface area contributed by atoms with Gasteiger partial charge >= 0.3 is 0 Å². The molecular weight excluding hydrogens is 278 g/mol. The van der Waals surface area contributed by atoms with Gasteiger partial charge in [-0.1, -0.05) is 25.1 Å². The molecule has 112 valence electrons. The number of fused-ring (bicyclic) bond motifs is 1. The molecule has 1 N–H and O–H groups in total. The number of benzene rings is 1. The van der Waals surface area contributed by atoms with Gasteiger partial charge in [0.2, 0.25) is 0 Å². The Hall–Kier alpha value is -1.32. The summed E-state index contributed by atoms with van der Waals surface area (Å²) in [6.07, 6.45) is 1.09. The van der Waals surface area contributed by atoms with Crippen LogP contribution in [0, 0.1) is 12.8 Å². The lowest BCUT2D eigenvalue weighted by molar-refractivity contribution is 0.182. The van der Waals surface area contributed by atoms with Crippen LogP contribution in [0.4, 0.5) is 0 Å². The van der Waals surface area contributed by atoms with E-state index < -0.39 is 0 Å². The Bertz CT molecular complexity index is 607. The molecule has 0 radical (unpaired) electrons. The van der Waals surface area contributed by atoms with E-state index in [4.69, 9.17) is 4.74 Å². The van der Waals surface area contributed by atoms with Crippen LogP contribution >= 0.6 is 11.3 Å². The fraction of sp³-hybridized carbons (Fsp3) is 0.444. The Morgan fingerprint density at radius 3 is 2.86 bits per heavy atom. The highest BCUT2D eigenvalue weighted by Crippen LogP contribution is 2.35. The summed E-state index contributed by atoms with van der Waals surface area (Å²) < 4.78 is 5.83. The maximum atomic E-state index is 5.83. The minimum absolute atomic E-state index is 0.381. The number of para-hydroxylation sites is 1. The van der Waals surface area contributed by atoms with Gasteiger partial charge in [-0.2, -0.15) is 0 Å². The second-order valence-electron chi connectivity index (χ2n) is 6.09. The third-order valence-corrected chi connectivity index (χ3v) is 5.12. The molecule has 0 aliphatic carbocycles. The number of aryl methyl sites for hydroxylation is 1. The van der Waals surface area contributed by atoms with Gasteiger partial charge in [-0.05, 0) is 38.5 Å². The van der Waals surface area contributed by atoms with Crippen LogP contribution in [-0.2, 0) is 6.42 Å². The lowest BCUT2D eigenvalue weighted by Crippen LogP contribution is -2.39. The number of rotatable bonds is 4. The Labute approximate surface area is 131 Å². The quantitative estimate of drug-likeness (QED) is 0.906. The second-order valence-corrected chi connectivity index (χ2v) is 7.46. The van der Waals surface area contributed by atoms with Crippen molar-refractivity contribution >= 4 is 11.3 Å². The van der Waals surface area contributed by atoms with Crippen molar-refractivity contribution in [3.8, 4) is 5.75 Å². The summed E-state index contributed by atoms with van der Waals surface area (Å²) in [5.41, 5.74) is 1.30. The van der Waals surface area contributed by atoms with Crippen molar-refractivity contribution in [1.29, 1.82) is 0 Å². The van der Waals surface area contributed by atoms with Gasteiger partial charge in [0.1, 0.15) is 5.75 Å². The predicted molar refractivity (Wildman–Crippen MR) is 89.2 cm³/mol. The molecule has 2 aromatic rings. The third kappa shape index (κ3) is 3.30. The van der Waals surface area contributed by atoms with Crippen molar-refractivity contribution in [2.75, 3.05) is 6.61 Å². The maximum Gasteiger partial charge on any atom is 0.124 e. The van der Waals surface area contributed by atoms with Gasteiger partial charge in [0.05, 0.1) is 6.61 Å². The van der Waals surface area contributed by atoms with Gasteiger partial charge in [-0.15, -0.1) is 11.3 Å². The molecule has 2 heterocycles. The fourth-order valence-corrected chi connectivity index (χ4v) is 4.03. The Kier molecular flexibility index (Phi) is 4.32. The average Bonchev–Trinajstić information content (AvgIpc) is 2.87. The van der Waals surface area contributed by atoms with E-state index in [-0.39, 0.29) is 0 Å². The summed E-state index contributed by atoms with van der Waals surface area (Å²) in [4.78, 5) is 2.85. The monoisotopic (exact) mass is 301 g/mol. The Morgan fingerprint density at radius 2 is 2.10 bits per heavy atom. The first kappa shape index (κ1) is 14.6. The van der Waals surface area contributed by atoms with E-state index in [0.717, 1.165) is 18.8 Å². The lowest BCUT2D eigenvalue weighted by Gasteiger charge is -2.34. The molecular formula is C18H23NOS. The topological polar surface area (TPSA) is 21.3 Å². The molecule has 2 nitrogen and oxygen atoms in total. The highest BCUT2D eigenvalue weighted by molar-refractivity contribution is 7.11. The van der Waals surface area contributed by atoms with Gasteiger partial charge < -0.3 is 10.1 Å². The number of thiophene rings is 1. The first-order chi connectivity index (χ1) is 10.1. The first-order valence-electron chi connectivity index (χ1n) is 7.66. The van der Waals surface area contributed by atoms with E-state index in [2.05, 4.69) is 56.4 Å². The molecule has 0 saturated carbocycles. The zero-order chi connectivity index (χ0) is 14.8. The molecule has 0 spiro atoms. The van der Waals surface area contributed by atoms with Crippen LogP contribution in [0.1, 0.15) is 35.2 Å².